The molecule has 2 fully saturated rings. The summed E-state index contributed by atoms with van der Waals surface area (Å²) in [5.41, 5.74) is -0.259. The van der Waals surface area contributed by atoms with Gasteiger partial charge in [0, 0.05) is 32.6 Å². The lowest BCUT2D eigenvalue weighted by atomic mass is 10.2. The third-order valence-electron chi connectivity index (χ3n) is 4.64. The zero-order valence-corrected chi connectivity index (χ0v) is 15.4. The van der Waals surface area contributed by atoms with Gasteiger partial charge >= 0.3 is 5.97 Å². The molecule has 0 radical (unpaired) electrons. The molecular formula is C16H23N3O6S. The van der Waals surface area contributed by atoms with Crippen molar-refractivity contribution in [3.63, 3.8) is 0 Å². The Bertz CT molecular complexity index is 755. The van der Waals surface area contributed by atoms with Gasteiger partial charge in [-0.2, -0.15) is 4.31 Å². The Labute approximate surface area is 152 Å². The minimum atomic E-state index is -3.79. The molecule has 9 nitrogen and oxygen atoms in total. The van der Waals surface area contributed by atoms with E-state index in [9.17, 15) is 18.3 Å². The zero-order chi connectivity index (χ0) is 18.7. The largest absolute Gasteiger partial charge is 0.477 e. The number of ether oxygens (including phenoxy) is 2. The molecule has 1 N–H and O–H groups in total. The number of carboxylic acids is 1. The summed E-state index contributed by atoms with van der Waals surface area (Å²) in [4.78, 5) is 17.6. The number of aromatic carboxylic acids is 1. The predicted octanol–water partition coefficient (Wildman–Crippen LogP) is 0.274. The quantitative estimate of drug-likeness (QED) is 0.743. The van der Waals surface area contributed by atoms with Crippen LogP contribution in [0.5, 0.6) is 5.88 Å². The molecule has 144 valence electrons. The third kappa shape index (κ3) is 3.98. The molecule has 0 spiro atoms. The smallest absolute Gasteiger partial charge is 0.341 e. The van der Waals surface area contributed by atoms with Crippen LogP contribution in [-0.2, 0) is 14.8 Å². The molecule has 26 heavy (non-hydrogen) atoms. The number of aromatic nitrogens is 1. The molecule has 0 aromatic carbocycles. The molecule has 1 aromatic rings. The first-order valence-electron chi connectivity index (χ1n) is 8.62. The van der Waals surface area contributed by atoms with Crippen LogP contribution in [0, 0.1) is 0 Å². The number of carboxylic acid groups (broad SMARTS) is 1. The van der Waals surface area contributed by atoms with Gasteiger partial charge < -0.3 is 19.5 Å². The number of carbonyl (C=O) groups is 1. The fourth-order valence-electron chi connectivity index (χ4n) is 3.02. The van der Waals surface area contributed by atoms with Crippen LogP contribution in [0.4, 0.5) is 0 Å². The van der Waals surface area contributed by atoms with E-state index in [1.807, 2.05) is 6.92 Å². The number of hydrogen-bond acceptors (Lipinski definition) is 7. The molecule has 0 amide bonds. The van der Waals surface area contributed by atoms with Gasteiger partial charge in [-0.1, -0.05) is 6.92 Å². The minimum absolute atomic E-state index is 0.0808. The van der Waals surface area contributed by atoms with Gasteiger partial charge in [0.15, 0.2) is 0 Å². The second kappa shape index (κ2) is 7.87. The third-order valence-corrected chi connectivity index (χ3v) is 6.50. The van der Waals surface area contributed by atoms with E-state index >= 15 is 0 Å². The van der Waals surface area contributed by atoms with Gasteiger partial charge in [0.2, 0.25) is 15.9 Å². The van der Waals surface area contributed by atoms with E-state index in [1.165, 1.54) is 10.5 Å². The fraction of sp³-hybridized carbons (Fsp3) is 0.625. The Kier molecular flexibility index (Phi) is 5.76. The Hall–Kier alpha value is -1.75. The summed E-state index contributed by atoms with van der Waals surface area (Å²) in [6, 6.07) is 1.13. The summed E-state index contributed by atoms with van der Waals surface area (Å²) < 4.78 is 37.8. The number of sulfonamides is 1. The number of hydrogen-bond donors (Lipinski definition) is 1. The van der Waals surface area contributed by atoms with Gasteiger partial charge in [0.05, 0.1) is 19.4 Å². The molecule has 2 saturated heterocycles. The average Bonchev–Trinajstić information content (AvgIpc) is 3.15. The van der Waals surface area contributed by atoms with Gasteiger partial charge in [0.25, 0.3) is 0 Å². The Morgan fingerprint density at radius 3 is 2.69 bits per heavy atom. The van der Waals surface area contributed by atoms with Gasteiger partial charge in [0.1, 0.15) is 16.6 Å². The molecule has 1 atom stereocenters. The van der Waals surface area contributed by atoms with E-state index in [0.29, 0.717) is 45.8 Å². The first-order valence-corrected chi connectivity index (χ1v) is 10.1. The number of rotatable bonds is 6. The van der Waals surface area contributed by atoms with E-state index in [1.54, 1.807) is 0 Å². The highest BCUT2D eigenvalue weighted by Crippen LogP contribution is 2.25. The van der Waals surface area contributed by atoms with Crippen LogP contribution in [0.1, 0.15) is 23.7 Å². The van der Waals surface area contributed by atoms with Crippen molar-refractivity contribution in [1.29, 1.82) is 0 Å². The normalized spacial score (nSPS) is 22.4. The predicted molar refractivity (Wildman–Crippen MR) is 91.9 cm³/mol. The Morgan fingerprint density at radius 1 is 1.38 bits per heavy atom. The molecule has 0 aliphatic carbocycles. The van der Waals surface area contributed by atoms with Gasteiger partial charge in [-0.05, 0) is 12.6 Å². The minimum Gasteiger partial charge on any atom is -0.477 e. The van der Waals surface area contributed by atoms with E-state index in [0.717, 1.165) is 12.6 Å². The Balaban J connectivity index is 1.83. The van der Waals surface area contributed by atoms with Crippen molar-refractivity contribution in [2.75, 3.05) is 45.9 Å². The van der Waals surface area contributed by atoms with Crippen molar-refractivity contribution in [3.05, 3.63) is 17.8 Å². The van der Waals surface area contributed by atoms with Crippen molar-refractivity contribution in [2.45, 2.75) is 24.3 Å². The first kappa shape index (κ1) is 19.0. The maximum Gasteiger partial charge on any atom is 0.341 e. The van der Waals surface area contributed by atoms with Crippen LogP contribution in [0.3, 0.4) is 0 Å². The SMILES string of the molecule is CCN1CCN(S(=O)(=O)c2cnc(O[C@@H]3CCOC3)c(C(=O)O)c2)CC1. The lowest BCUT2D eigenvalue weighted by Crippen LogP contribution is -2.48. The lowest BCUT2D eigenvalue weighted by molar-refractivity contribution is 0.0685. The van der Waals surface area contributed by atoms with Crippen LogP contribution in [-0.4, -0.2) is 85.7 Å². The summed E-state index contributed by atoms with van der Waals surface area (Å²) in [7, 11) is -3.79. The van der Waals surface area contributed by atoms with E-state index in [4.69, 9.17) is 9.47 Å². The van der Waals surface area contributed by atoms with Crippen LogP contribution < -0.4 is 4.74 Å². The molecule has 0 unspecified atom stereocenters. The number of piperazine rings is 1. The van der Waals surface area contributed by atoms with Crippen molar-refractivity contribution in [2.24, 2.45) is 0 Å². The first-order chi connectivity index (χ1) is 12.4. The molecule has 3 rings (SSSR count). The van der Waals surface area contributed by atoms with E-state index in [2.05, 4.69) is 9.88 Å². The summed E-state index contributed by atoms with van der Waals surface area (Å²) >= 11 is 0. The van der Waals surface area contributed by atoms with Crippen LogP contribution in [0.2, 0.25) is 0 Å². The number of likely N-dealkylation sites (N-methyl/N-ethyl adjacent to an activating group) is 1. The summed E-state index contributed by atoms with van der Waals surface area (Å²) in [6.07, 6.45) is 1.53. The topological polar surface area (TPSA) is 109 Å². The molecule has 3 heterocycles. The summed E-state index contributed by atoms with van der Waals surface area (Å²) in [6.45, 7) is 5.85. The molecule has 1 aromatic heterocycles. The maximum atomic E-state index is 12.8. The van der Waals surface area contributed by atoms with Gasteiger partial charge in [-0.3, -0.25) is 0 Å². The fourth-order valence-corrected chi connectivity index (χ4v) is 4.41. The van der Waals surface area contributed by atoms with E-state index in [-0.39, 0.29) is 22.4 Å². The van der Waals surface area contributed by atoms with Gasteiger partial charge in [-0.25, -0.2) is 18.2 Å². The lowest BCUT2D eigenvalue weighted by Gasteiger charge is -2.33. The molecular weight excluding hydrogens is 362 g/mol. The van der Waals surface area contributed by atoms with Crippen LogP contribution in [0.15, 0.2) is 17.2 Å². The monoisotopic (exact) mass is 385 g/mol. The van der Waals surface area contributed by atoms with Crippen LogP contribution in [0.25, 0.3) is 0 Å². The standard InChI is InChI=1S/C16H23N3O6S/c1-2-18-4-6-19(7-5-18)26(22,23)13-9-14(16(20)21)15(17-10-13)25-12-3-8-24-11-12/h9-10,12H,2-8,11H2,1H3,(H,20,21)/t12-/m1/s1. The molecule has 2 aliphatic rings. The second-order valence-corrected chi connectivity index (χ2v) is 8.21. The zero-order valence-electron chi connectivity index (χ0n) is 14.6. The second-order valence-electron chi connectivity index (χ2n) is 6.27. The highest BCUT2D eigenvalue weighted by atomic mass is 32.2. The van der Waals surface area contributed by atoms with Crippen molar-refractivity contribution in [3.8, 4) is 5.88 Å². The highest BCUT2D eigenvalue weighted by Gasteiger charge is 2.30. The number of pyridine rings is 1. The van der Waals surface area contributed by atoms with Gasteiger partial charge in [-0.15, -0.1) is 0 Å². The summed E-state index contributed by atoms with van der Waals surface area (Å²) in [5.74, 6) is -1.36. The molecule has 0 bridgehead atoms. The molecule has 2 aliphatic heterocycles. The molecule has 10 heteroatoms. The summed E-state index contributed by atoms with van der Waals surface area (Å²) in [5, 5.41) is 9.44. The Morgan fingerprint density at radius 2 is 2.12 bits per heavy atom. The molecule has 0 saturated carbocycles. The van der Waals surface area contributed by atoms with Crippen LogP contribution >= 0.6 is 0 Å². The maximum absolute atomic E-state index is 12.8. The number of nitrogens with zero attached hydrogens (tertiary/aromatic N) is 3. The van der Waals surface area contributed by atoms with Crippen molar-refractivity contribution in [1.82, 2.24) is 14.2 Å². The van der Waals surface area contributed by atoms with Crippen molar-refractivity contribution >= 4 is 16.0 Å². The van der Waals surface area contributed by atoms with Crippen molar-refractivity contribution < 1.29 is 27.8 Å². The van der Waals surface area contributed by atoms with E-state index < -0.39 is 16.0 Å². The average molecular weight is 385 g/mol. The highest BCUT2D eigenvalue weighted by molar-refractivity contribution is 7.89.